The minimum Gasteiger partial charge on any atom is -0.507 e. The zero-order chi connectivity index (χ0) is 20.7. The Hall–Kier alpha value is -1.10. The summed E-state index contributed by atoms with van der Waals surface area (Å²) in [5.74, 6) is 0.338. The lowest BCUT2D eigenvalue weighted by Gasteiger charge is -2.31. The first-order chi connectivity index (χ1) is 12.6. The highest BCUT2D eigenvalue weighted by Crippen LogP contribution is 2.40. The fourth-order valence-corrected chi connectivity index (χ4v) is 3.11. The van der Waals surface area contributed by atoms with E-state index in [2.05, 4.69) is 59.0 Å². The largest absolute Gasteiger partial charge is 0.507 e. The van der Waals surface area contributed by atoms with Crippen molar-refractivity contribution in [2.24, 2.45) is 0 Å². The van der Waals surface area contributed by atoms with E-state index in [4.69, 9.17) is 5.11 Å². The molecule has 0 radical (unpaired) electrons. The van der Waals surface area contributed by atoms with Crippen LogP contribution < -0.4 is 5.32 Å². The Bertz CT molecular complexity index is 581. The van der Waals surface area contributed by atoms with Gasteiger partial charge in [0.1, 0.15) is 5.75 Å². The highest BCUT2D eigenvalue weighted by Gasteiger charge is 2.28. The predicted octanol–water partition coefficient (Wildman–Crippen LogP) is 4.03. The van der Waals surface area contributed by atoms with Crippen molar-refractivity contribution >= 4 is 0 Å². The summed E-state index contributed by atoms with van der Waals surface area (Å²) < 4.78 is 0. The zero-order valence-corrected chi connectivity index (χ0v) is 18.2. The second kappa shape index (κ2) is 10.4. The number of aliphatic hydroxyl groups excluding tert-OH is 2. The van der Waals surface area contributed by atoms with Crippen molar-refractivity contribution in [3.05, 3.63) is 28.8 Å². The third-order valence-corrected chi connectivity index (χ3v) is 6.09. The normalized spacial score (nSPS) is 13.8. The molecule has 0 aliphatic rings. The van der Waals surface area contributed by atoms with E-state index in [-0.39, 0.29) is 17.4 Å². The number of hydrogen-bond donors (Lipinski definition) is 4. The molecular formula is C23H41NO3. The Balaban J connectivity index is 3.07. The lowest BCUT2D eigenvalue weighted by atomic mass is 9.75. The molecule has 1 atom stereocenters. The van der Waals surface area contributed by atoms with Gasteiger partial charge in [0.25, 0.3) is 0 Å². The Morgan fingerprint density at radius 1 is 1.00 bits per heavy atom. The van der Waals surface area contributed by atoms with Crippen molar-refractivity contribution in [2.75, 3.05) is 19.7 Å². The van der Waals surface area contributed by atoms with E-state index >= 15 is 0 Å². The summed E-state index contributed by atoms with van der Waals surface area (Å²) in [6, 6.07) is 4.24. The molecule has 0 fully saturated rings. The van der Waals surface area contributed by atoms with E-state index in [0.29, 0.717) is 25.1 Å². The summed E-state index contributed by atoms with van der Waals surface area (Å²) in [5, 5.41) is 33.5. The van der Waals surface area contributed by atoms with Crippen LogP contribution in [0.5, 0.6) is 5.75 Å². The summed E-state index contributed by atoms with van der Waals surface area (Å²) in [4.78, 5) is 0. The molecule has 0 aliphatic heterocycles. The van der Waals surface area contributed by atoms with Gasteiger partial charge in [-0.05, 0) is 60.7 Å². The average molecular weight is 380 g/mol. The second-order valence-electron chi connectivity index (χ2n) is 8.98. The van der Waals surface area contributed by atoms with Crippen LogP contribution in [-0.2, 0) is 17.3 Å². The fraction of sp³-hybridized carbons (Fsp3) is 0.739. The standard InChI is InChI=1S/C23H41NO3/c1-7-22(3,4)18-14-17(15-19(26)10-12-24-11-9-13-25)21(27)20(16-18)23(5,6)8-2/h14,16,19,24-27H,7-13,15H2,1-6H3. The van der Waals surface area contributed by atoms with Crippen LogP contribution >= 0.6 is 0 Å². The molecule has 1 unspecified atom stereocenters. The molecule has 1 aromatic rings. The number of benzene rings is 1. The molecule has 0 saturated heterocycles. The second-order valence-corrected chi connectivity index (χ2v) is 8.98. The number of aliphatic hydroxyl groups is 2. The Morgan fingerprint density at radius 3 is 2.19 bits per heavy atom. The molecule has 1 rings (SSSR count). The van der Waals surface area contributed by atoms with Crippen molar-refractivity contribution in [1.82, 2.24) is 5.32 Å². The van der Waals surface area contributed by atoms with Crippen LogP contribution in [-0.4, -0.2) is 41.1 Å². The molecule has 0 aliphatic carbocycles. The topological polar surface area (TPSA) is 72.7 Å². The van der Waals surface area contributed by atoms with E-state index in [1.54, 1.807) is 0 Å². The molecule has 1 aromatic carbocycles. The number of hydrogen-bond acceptors (Lipinski definition) is 4. The maximum Gasteiger partial charge on any atom is 0.122 e. The molecular weight excluding hydrogens is 338 g/mol. The Labute approximate surface area is 166 Å². The quantitative estimate of drug-likeness (QED) is 0.414. The molecule has 4 N–H and O–H groups in total. The molecule has 0 amide bonds. The van der Waals surface area contributed by atoms with Crippen LogP contribution in [0, 0.1) is 0 Å². The molecule has 0 spiro atoms. The highest BCUT2D eigenvalue weighted by molar-refractivity contribution is 5.49. The number of phenols is 1. The van der Waals surface area contributed by atoms with Gasteiger partial charge in [0.2, 0.25) is 0 Å². The third kappa shape index (κ3) is 6.78. The van der Waals surface area contributed by atoms with Gasteiger partial charge in [-0.1, -0.05) is 53.7 Å². The summed E-state index contributed by atoms with van der Waals surface area (Å²) in [5.41, 5.74) is 2.95. The maximum absolute atomic E-state index is 11.0. The monoisotopic (exact) mass is 379 g/mol. The molecule has 0 aromatic heterocycles. The molecule has 0 saturated carbocycles. The molecule has 27 heavy (non-hydrogen) atoms. The van der Waals surface area contributed by atoms with Crippen LogP contribution in [0.1, 0.15) is 83.9 Å². The van der Waals surface area contributed by atoms with E-state index in [0.717, 1.165) is 36.9 Å². The van der Waals surface area contributed by atoms with E-state index in [1.165, 1.54) is 5.56 Å². The van der Waals surface area contributed by atoms with Crippen molar-refractivity contribution in [1.29, 1.82) is 0 Å². The van der Waals surface area contributed by atoms with Crippen LogP contribution in [0.3, 0.4) is 0 Å². The summed E-state index contributed by atoms with van der Waals surface area (Å²) in [6.45, 7) is 14.7. The summed E-state index contributed by atoms with van der Waals surface area (Å²) in [6.07, 6.45) is 3.25. The van der Waals surface area contributed by atoms with E-state index in [9.17, 15) is 10.2 Å². The SMILES string of the molecule is CCC(C)(C)c1cc(CC(O)CCNCCCO)c(O)c(C(C)(C)CC)c1. The van der Waals surface area contributed by atoms with Crippen LogP contribution in [0.25, 0.3) is 0 Å². The van der Waals surface area contributed by atoms with Gasteiger partial charge in [0.05, 0.1) is 6.10 Å². The predicted molar refractivity (Wildman–Crippen MR) is 114 cm³/mol. The lowest BCUT2D eigenvalue weighted by Crippen LogP contribution is -2.24. The highest BCUT2D eigenvalue weighted by atomic mass is 16.3. The summed E-state index contributed by atoms with van der Waals surface area (Å²) >= 11 is 0. The molecule has 0 bridgehead atoms. The first-order valence-electron chi connectivity index (χ1n) is 10.5. The third-order valence-electron chi connectivity index (χ3n) is 6.09. The number of phenolic OH excluding ortho intramolecular Hbond substituents is 1. The fourth-order valence-electron chi connectivity index (χ4n) is 3.11. The van der Waals surface area contributed by atoms with Gasteiger partial charge >= 0.3 is 0 Å². The summed E-state index contributed by atoms with van der Waals surface area (Å²) in [7, 11) is 0. The van der Waals surface area contributed by atoms with Gasteiger partial charge in [0.15, 0.2) is 0 Å². The molecule has 0 heterocycles. The zero-order valence-electron chi connectivity index (χ0n) is 18.2. The van der Waals surface area contributed by atoms with Gasteiger partial charge in [-0.15, -0.1) is 0 Å². The lowest BCUT2D eigenvalue weighted by molar-refractivity contribution is 0.163. The van der Waals surface area contributed by atoms with Crippen molar-refractivity contribution in [2.45, 2.75) is 90.6 Å². The van der Waals surface area contributed by atoms with Gasteiger partial charge in [-0.25, -0.2) is 0 Å². The van der Waals surface area contributed by atoms with E-state index in [1.807, 2.05) is 0 Å². The number of rotatable bonds is 12. The smallest absolute Gasteiger partial charge is 0.122 e. The van der Waals surface area contributed by atoms with Crippen LogP contribution in [0.2, 0.25) is 0 Å². The Morgan fingerprint density at radius 2 is 1.63 bits per heavy atom. The Kier molecular flexibility index (Phi) is 9.26. The first-order valence-corrected chi connectivity index (χ1v) is 10.5. The van der Waals surface area contributed by atoms with Crippen molar-refractivity contribution in [3.8, 4) is 5.75 Å². The number of aromatic hydroxyl groups is 1. The van der Waals surface area contributed by atoms with Crippen molar-refractivity contribution < 1.29 is 15.3 Å². The van der Waals surface area contributed by atoms with Gasteiger partial charge in [0, 0.05) is 18.6 Å². The first kappa shape index (κ1) is 23.9. The van der Waals surface area contributed by atoms with Crippen molar-refractivity contribution in [3.63, 3.8) is 0 Å². The minimum absolute atomic E-state index is 0.0256. The van der Waals surface area contributed by atoms with Gasteiger partial charge < -0.3 is 20.6 Å². The number of nitrogens with one attached hydrogen (secondary N) is 1. The maximum atomic E-state index is 11.0. The molecule has 4 nitrogen and oxygen atoms in total. The van der Waals surface area contributed by atoms with Gasteiger partial charge in [-0.3, -0.25) is 0 Å². The average Bonchev–Trinajstić information content (AvgIpc) is 2.62. The van der Waals surface area contributed by atoms with Gasteiger partial charge in [-0.2, -0.15) is 0 Å². The van der Waals surface area contributed by atoms with Crippen LogP contribution in [0.4, 0.5) is 0 Å². The van der Waals surface area contributed by atoms with E-state index < -0.39 is 6.10 Å². The van der Waals surface area contributed by atoms with Crippen LogP contribution in [0.15, 0.2) is 12.1 Å². The minimum atomic E-state index is -0.505. The molecule has 156 valence electrons. The molecule has 4 heteroatoms.